The summed E-state index contributed by atoms with van der Waals surface area (Å²) in [5, 5.41) is 18.4. The van der Waals surface area contributed by atoms with Crippen molar-refractivity contribution in [1.29, 1.82) is 0 Å². The van der Waals surface area contributed by atoms with Crippen LogP contribution in [0.1, 0.15) is 12.6 Å². The molecule has 1 heterocycles. The number of aromatic nitrogens is 2. The Balaban J connectivity index is 2.36. The van der Waals surface area contributed by atoms with Crippen molar-refractivity contribution < 1.29 is 9.66 Å². The number of benzene rings is 1. The lowest BCUT2D eigenvalue weighted by Crippen LogP contribution is -2.12. The van der Waals surface area contributed by atoms with Gasteiger partial charge in [-0.25, -0.2) is 4.68 Å². The van der Waals surface area contributed by atoms with Gasteiger partial charge in [0.2, 0.25) is 0 Å². The third-order valence-corrected chi connectivity index (χ3v) is 2.82. The van der Waals surface area contributed by atoms with E-state index in [9.17, 15) is 10.1 Å². The van der Waals surface area contributed by atoms with Crippen molar-refractivity contribution in [2.24, 2.45) is 0 Å². The molecule has 0 bridgehead atoms. The lowest BCUT2D eigenvalue weighted by atomic mass is 10.2. The van der Waals surface area contributed by atoms with E-state index in [1.54, 1.807) is 16.9 Å². The van der Waals surface area contributed by atoms with Crippen LogP contribution in [0, 0.1) is 10.1 Å². The fourth-order valence-corrected chi connectivity index (χ4v) is 1.81. The van der Waals surface area contributed by atoms with E-state index in [0.717, 1.165) is 12.2 Å². The molecule has 0 spiro atoms. The van der Waals surface area contributed by atoms with Crippen LogP contribution in [0.3, 0.4) is 0 Å². The van der Waals surface area contributed by atoms with Gasteiger partial charge in [-0.05, 0) is 18.7 Å². The van der Waals surface area contributed by atoms with Gasteiger partial charge in [-0.2, -0.15) is 5.10 Å². The van der Waals surface area contributed by atoms with E-state index < -0.39 is 4.92 Å². The summed E-state index contributed by atoms with van der Waals surface area (Å²) >= 11 is 0. The first-order valence-electron chi connectivity index (χ1n) is 6.23. The predicted molar refractivity (Wildman–Crippen MR) is 74.2 cm³/mol. The first-order valence-corrected chi connectivity index (χ1v) is 6.23. The summed E-state index contributed by atoms with van der Waals surface area (Å²) < 4.78 is 6.81. The van der Waals surface area contributed by atoms with Crippen molar-refractivity contribution in [3.8, 4) is 11.4 Å². The highest BCUT2D eigenvalue weighted by Gasteiger charge is 2.13. The van der Waals surface area contributed by atoms with Crippen LogP contribution in [-0.2, 0) is 6.54 Å². The number of nitrogens with one attached hydrogen (secondary N) is 1. The molecule has 7 nitrogen and oxygen atoms in total. The minimum atomic E-state index is -0.439. The number of methoxy groups -OCH3 is 1. The van der Waals surface area contributed by atoms with Crippen LogP contribution < -0.4 is 10.1 Å². The highest BCUT2D eigenvalue weighted by atomic mass is 16.6. The van der Waals surface area contributed by atoms with E-state index in [2.05, 4.69) is 10.4 Å². The first kappa shape index (κ1) is 14.0. The van der Waals surface area contributed by atoms with Gasteiger partial charge in [-0.15, -0.1) is 0 Å². The SMILES string of the molecule is CCNCc1ccn(-c2cc([N+](=O)[O-])ccc2OC)n1. The standard InChI is InChI=1S/C13H16N4O3/c1-3-14-9-10-6-7-16(15-10)12-8-11(17(18)19)4-5-13(12)20-2/h4-8,14H,3,9H2,1-2H3. The lowest BCUT2D eigenvalue weighted by molar-refractivity contribution is -0.384. The number of hydrogen-bond acceptors (Lipinski definition) is 5. The molecule has 0 aliphatic heterocycles. The van der Waals surface area contributed by atoms with Crippen LogP contribution in [0.2, 0.25) is 0 Å². The Labute approximate surface area is 116 Å². The fraction of sp³-hybridized carbons (Fsp3) is 0.308. The largest absolute Gasteiger partial charge is 0.494 e. The zero-order chi connectivity index (χ0) is 14.5. The molecule has 0 fully saturated rings. The summed E-state index contributed by atoms with van der Waals surface area (Å²) in [5.74, 6) is 0.536. The van der Waals surface area contributed by atoms with Gasteiger partial charge in [0.25, 0.3) is 5.69 Å². The summed E-state index contributed by atoms with van der Waals surface area (Å²) in [5.41, 5.74) is 1.41. The average Bonchev–Trinajstić information content (AvgIpc) is 2.93. The van der Waals surface area contributed by atoms with Crippen molar-refractivity contribution in [2.45, 2.75) is 13.5 Å². The van der Waals surface area contributed by atoms with Crippen LogP contribution in [0.5, 0.6) is 5.75 Å². The fourth-order valence-electron chi connectivity index (χ4n) is 1.81. The smallest absolute Gasteiger partial charge is 0.271 e. The van der Waals surface area contributed by atoms with Crippen LogP contribution in [0.25, 0.3) is 5.69 Å². The third-order valence-electron chi connectivity index (χ3n) is 2.82. The number of nitrogens with zero attached hydrogens (tertiary/aromatic N) is 3. The molecule has 0 amide bonds. The summed E-state index contributed by atoms with van der Waals surface area (Å²) in [4.78, 5) is 10.4. The first-order chi connectivity index (χ1) is 9.65. The molecule has 0 aliphatic carbocycles. The maximum Gasteiger partial charge on any atom is 0.271 e. The Hall–Kier alpha value is -2.41. The van der Waals surface area contributed by atoms with Crippen molar-refractivity contribution in [3.05, 3.63) is 46.3 Å². The Morgan fingerprint density at radius 2 is 2.25 bits per heavy atom. The summed E-state index contributed by atoms with van der Waals surface area (Å²) in [6.45, 7) is 3.52. The maximum absolute atomic E-state index is 10.9. The Bertz CT molecular complexity index is 609. The number of nitro benzene ring substituents is 1. The van der Waals surface area contributed by atoms with Crippen molar-refractivity contribution in [2.75, 3.05) is 13.7 Å². The van der Waals surface area contributed by atoms with E-state index in [4.69, 9.17) is 4.74 Å². The van der Waals surface area contributed by atoms with Crippen molar-refractivity contribution in [3.63, 3.8) is 0 Å². The number of ether oxygens (including phenoxy) is 1. The summed E-state index contributed by atoms with van der Waals surface area (Å²) in [7, 11) is 1.52. The molecule has 0 atom stereocenters. The molecule has 0 radical (unpaired) electrons. The summed E-state index contributed by atoms with van der Waals surface area (Å²) in [6.07, 6.45) is 1.76. The molecule has 106 valence electrons. The minimum absolute atomic E-state index is 0.00420. The highest BCUT2D eigenvalue weighted by Crippen LogP contribution is 2.27. The van der Waals surface area contributed by atoms with Crippen LogP contribution >= 0.6 is 0 Å². The molecule has 0 saturated heterocycles. The van der Waals surface area contributed by atoms with Gasteiger partial charge < -0.3 is 10.1 Å². The molecule has 7 heteroatoms. The number of nitro groups is 1. The number of non-ortho nitro benzene ring substituents is 1. The van der Waals surface area contributed by atoms with Crippen LogP contribution in [0.15, 0.2) is 30.5 Å². The molecule has 20 heavy (non-hydrogen) atoms. The monoisotopic (exact) mass is 276 g/mol. The van der Waals surface area contributed by atoms with E-state index in [1.165, 1.54) is 19.2 Å². The van der Waals surface area contributed by atoms with Crippen molar-refractivity contribution in [1.82, 2.24) is 15.1 Å². The Morgan fingerprint density at radius 1 is 1.45 bits per heavy atom. The van der Waals surface area contributed by atoms with Crippen LogP contribution in [-0.4, -0.2) is 28.4 Å². The Morgan fingerprint density at radius 3 is 2.90 bits per heavy atom. The molecule has 0 aliphatic rings. The normalized spacial score (nSPS) is 10.5. The second kappa shape index (κ2) is 6.16. The molecule has 0 unspecified atom stereocenters. The zero-order valence-corrected chi connectivity index (χ0v) is 11.4. The minimum Gasteiger partial charge on any atom is -0.494 e. The van der Waals surface area contributed by atoms with Gasteiger partial charge in [0, 0.05) is 24.9 Å². The predicted octanol–water partition coefficient (Wildman–Crippen LogP) is 1.90. The van der Waals surface area contributed by atoms with E-state index in [-0.39, 0.29) is 5.69 Å². The molecule has 0 saturated carbocycles. The van der Waals surface area contributed by atoms with Crippen LogP contribution in [0.4, 0.5) is 5.69 Å². The number of rotatable bonds is 6. The van der Waals surface area contributed by atoms with Gasteiger partial charge in [0.05, 0.1) is 17.7 Å². The highest BCUT2D eigenvalue weighted by molar-refractivity contribution is 5.53. The maximum atomic E-state index is 10.9. The molecule has 2 rings (SSSR count). The molecule has 2 aromatic rings. The molecular formula is C13H16N4O3. The molecule has 1 N–H and O–H groups in total. The van der Waals surface area contributed by atoms with Gasteiger partial charge in [-0.3, -0.25) is 10.1 Å². The second-order valence-electron chi connectivity index (χ2n) is 4.15. The molecule has 1 aromatic carbocycles. The van der Waals surface area contributed by atoms with Gasteiger partial charge >= 0.3 is 0 Å². The van der Waals surface area contributed by atoms with Gasteiger partial charge in [0.15, 0.2) is 0 Å². The Kier molecular flexibility index (Phi) is 4.31. The third kappa shape index (κ3) is 2.94. The zero-order valence-electron chi connectivity index (χ0n) is 11.4. The van der Waals surface area contributed by atoms with Gasteiger partial charge in [0.1, 0.15) is 11.4 Å². The van der Waals surface area contributed by atoms with Crippen molar-refractivity contribution >= 4 is 5.69 Å². The second-order valence-corrected chi connectivity index (χ2v) is 4.15. The van der Waals surface area contributed by atoms with E-state index in [0.29, 0.717) is 18.0 Å². The lowest BCUT2D eigenvalue weighted by Gasteiger charge is -2.08. The molecular weight excluding hydrogens is 260 g/mol. The van der Waals surface area contributed by atoms with E-state index in [1.807, 2.05) is 13.0 Å². The molecule has 1 aromatic heterocycles. The number of hydrogen-bond donors (Lipinski definition) is 1. The van der Waals surface area contributed by atoms with Gasteiger partial charge in [-0.1, -0.05) is 6.92 Å². The quantitative estimate of drug-likeness (QED) is 0.643. The van der Waals surface area contributed by atoms with E-state index >= 15 is 0 Å². The average molecular weight is 276 g/mol. The summed E-state index contributed by atoms with van der Waals surface area (Å²) in [6, 6.07) is 6.29. The topological polar surface area (TPSA) is 82.2 Å².